The van der Waals surface area contributed by atoms with Crippen LogP contribution in [0, 0.1) is 5.92 Å². The highest BCUT2D eigenvalue weighted by Gasteiger charge is 2.09. The van der Waals surface area contributed by atoms with Crippen LogP contribution in [0.5, 0.6) is 11.5 Å². The Kier molecular flexibility index (Phi) is 7.92. The smallest absolute Gasteiger partial charge is 0.344 e. The SMILES string of the molecule is CCc1cccc(OCC(=O)OCc2cc(=O)c(OCCC(C)C)co2)c1. The average Bonchev–Trinajstić information content (AvgIpc) is 2.66. The maximum atomic E-state index is 12.0. The number of carbonyl (C=O) groups excluding carboxylic acids is 1. The predicted octanol–water partition coefficient (Wildman–Crippen LogP) is 3.75. The Morgan fingerprint density at radius 1 is 1.19 bits per heavy atom. The summed E-state index contributed by atoms with van der Waals surface area (Å²) >= 11 is 0. The fourth-order valence-corrected chi connectivity index (χ4v) is 2.21. The molecule has 146 valence electrons. The van der Waals surface area contributed by atoms with Gasteiger partial charge in [-0.2, -0.15) is 0 Å². The van der Waals surface area contributed by atoms with Crippen molar-refractivity contribution < 1.29 is 23.4 Å². The quantitative estimate of drug-likeness (QED) is 0.590. The monoisotopic (exact) mass is 374 g/mol. The summed E-state index contributed by atoms with van der Waals surface area (Å²) in [6.45, 7) is 6.29. The molecular formula is C21H26O6. The lowest BCUT2D eigenvalue weighted by atomic mass is 10.1. The summed E-state index contributed by atoms with van der Waals surface area (Å²) in [6, 6.07) is 8.79. The van der Waals surface area contributed by atoms with Gasteiger partial charge in [-0.25, -0.2) is 4.79 Å². The van der Waals surface area contributed by atoms with Gasteiger partial charge in [0.1, 0.15) is 24.4 Å². The van der Waals surface area contributed by atoms with Crippen LogP contribution < -0.4 is 14.9 Å². The molecule has 1 aromatic carbocycles. The van der Waals surface area contributed by atoms with Gasteiger partial charge in [0.05, 0.1) is 6.61 Å². The number of rotatable bonds is 10. The predicted molar refractivity (Wildman–Crippen MR) is 101 cm³/mol. The van der Waals surface area contributed by atoms with Gasteiger partial charge in [0.2, 0.25) is 11.2 Å². The van der Waals surface area contributed by atoms with Gasteiger partial charge in [-0.1, -0.05) is 32.9 Å². The molecule has 0 atom stereocenters. The van der Waals surface area contributed by atoms with E-state index in [0.29, 0.717) is 18.3 Å². The third-order valence-corrected chi connectivity index (χ3v) is 3.84. The van der Waals surface area contributed by atoms with Crippen molar-refractivity contribution in [3.05, 3.63) is 58.1 Å². The molecule has 2 aromatic rings. The first-order valence-electron chi connectivity index (χ1n) is 9.09. The van der Waals surface area contributed by atoms with Gasteiger partial charge in [0, 0.05) is 6.07 Å². The molecule has 2 rings (SSSR count). The molecule has 0 spiro atoms. The van der Waals surface area contributed by atoms with E-state index in [1.54, 1.807) is 6.07 Å². The summed E-state index contributed by atoms with van der Waals surface area (Å²) in [6.07, 6.45) is 2.98. The van der Waals surface area contributed by atoms with E-state index >= 15 is 0 Å². The zero-order valence-electron chi connectivity index (χ0n) is 16.0. The van der Waals surface area contributed by atoms with Crippen LogP contribution in [-0.4, -0.2) is 19.2 Å². The number of benzene rings is 1. The maximum absolute atomic E-state index is 12.0. The molecule has 0 saturated carbocycles. The highest BCUT2D eigenvalue weighted by atomic mass is 16.6. The Balaban J connectivity index is 1.79. The van der Waals surface area contributed by atoms with E-state index in [9.17, 15) is 9.59 Å². The average molecular weight is 374 g/mol. The summed E-state index contributed by atoms with van der Waals surface area (Å²) in [5.41, 5.74) is 0.821. The van der Waals surface area contributed by atoms with Crippen molar-refractivity contribution in [3.8, 4) is 11.5 Å². The van der Waals surface area contributed by atoms with Gasteiger partial charge >= 0.3 is 5.97 Å². The van der Waals surface area contributed by atoms with Crippen molar-refractivity contribution in [2.75, 3.05) is 13.2 Å². The molecule has 0 radical (unpaired) electrons. The Morgan fingerprint density at radius 3 is 2.70 bits per heavy atom. The number of hydrogen-bond acceptors (Lipinski definition) is 6. The third kappa shape index (κ3) is 7.17. The van der Waals surface area contributed by atoms with Gasteiger partial charge in [-0.05, 0) is 36.5 Å². The molecule has 1 aromatic heterocycles. The van der Waals surface area contributed by atoms with Crippen LogP contribution >= 0.6 is 0 Å². The molecule has 0 aliphatic rings. The Labute approximate surface area is 159 Å². The lowest BCUT2D eigenvalue weighted by Crippen LogP contribution is -2.16. The van der Waals surface area contributed by atoms with Gasteiger partial charge < -0.3 is 18.6 Å². The molecule has 0 unspecified atom stereocenters. The van der Waals surface area contributed by atoms with Crippen molar-refractivity contribution >= 4 is 5.97 Å². The number of hydrogen-bond donors (Lipinski definition) is 0. The van der Waals surface area contributed by atoms with Gasteiger partial charge in [-0.15, -0.1) is 0 Å². The van der Waals surface area contributed by atoms with E-state index in [1.165, 1.54) is 12.3 Å². The number of esters is 1. The molecule has 0 amide bonds. The first-order chi connectivity index (χ1) is 13.0. The van der Waals surface area contributed by atoms with Crippen LogP contribution in [0.25, 0.3) is 0 Å². The summed E-state index contributed by atoms with van der Waals surface area (Å²) in [4.78, 5) is 23.8. The molecule has 0 aliphatic carbocycles. The second kappa shape index (κ2) is 10.4. The zero-order chi connectivity index (χ0) is 19.6. The molecule has 6 heteroatoms. The molecular weight excluding hydrogens is 348 g/mol. The molecule has 27 heavy (non-hydrogen) atoms. The van der Waals surface area contributed by atoms with Crippen LogP contribution in [0.1, 0.15) is 38.5 Å². The minimum atomic E-state index is -0.545. The highest BCUT2D eigenvalue weighted by molar-refractivity contribution is 5.71. The molecule has 0 aliphatic heterocycles. The number of aryl methyl sites for hydroxylation is 1. The molecule has 0 saturated heterocycles. The summed E-state index contributed by atoms with van der Waals surface area (Å²) in [5.74, 6) is 0.961. The minimum absolute atomic E-state index is 0.140. The minimum Gasteiger partial charge on any atom is -0.487 e. The summed E-state index contributed by atoms with van der Waals surface area (Å²) in [7, 11) is 0. The van der Waals surface area contributed by atoms with Crippen molar-refractivity contribution in [2.45, 2.75) is 40.2 Å². The first-order valence-corrected chi connectivity index (χ1v) is 9.09. The molecule has 0 fully saturated rings. The fraction of sp³-hybridized carbons (Fsp3) is 0.429. The standard InChI is InChI=1S/C21H26O6/c1-4-16-6-5-7-17(10-16)26-14-21(23)27-12-18-11-19(22)20(13-25-18)24-9-8-15(2)3/h5-7,10-11,13,15H,4,8-9,12,14H2,1-3H3. The first kappa shape index (κ1) is 20.6. The Bertz CT molecular complexity index is 793. The summed E-state index contributed by atoms with van der Waals surface area (Å²) in [5, 5.41) is 0. The lowest BCUT2D eigenvalue weighted by molar-refractivity contribution is -0.147. The summed E-state index contributed by atoms with van der Waals surface area (Å²) < 4.78 is 21.2. The van der Waals surface area contributed by atoms with E-state index in [2.05, 4.69) is 13.8 Å². The number of carbonyl (C=O) groups is 1. The van der Waals surface area contributed by atoms with E-state index < -0.39 is 5.97 Å². The molecule has 1 heterocycles. The van der Waals surface area contributed by atoms with Crippen molar-refractivity contribution in [3.63, 3.8) is 0 Å². The maximum Gasteiger partial charge on any atom is 0.344 e. The second-order valence-electron chi connectivity index (χ2n) is 6.56. The van der Waals surface area contributed by atoms with Gasteiger partial charge in [0.15, 0.2) is 6.61 Å². The van der Waals surface area contributed by atoms with Crippen LogP contribution in [-0.2, 0) is 22.6 Å². The molecule has 0 N–H and O–H groups in total. The Hall–Kier alpha value is -2.76. The van der Waals surface area contributed by atoms with Crippen LogP contribution in [0.15, 0.2) is 45.8 Å². The normalized spacial score (nSPS) is 10.7. The molecule has 0 bridgehead atoms. The third-order valence-electron chi connectivity index (χ3n) is 3.84. The zero-order valence-corrected chi connectivity index (χ0v) is 16.0. The molecule has 6 nitrogen and oxygen atoms in total. The van der Waals surface area contributed by atoms with Crippen LogP contribution in [0.2, 0.25) is 0 Å². The van der Waals surface area contributed by atoms with E-state index in [4.69, 9.17) is 18.6 Å². The lowest BCUT2D eigenvalue weighted by Gasteiger charge is -2.09. The fourth-order valence-electron chi connectivity index (χ4n) is 2.21. The topological polar surface area (TPSA) is 75.0 Å². The van der Waals surface area contributed by atoms with Gasteiger partial charge in [-0.3, -0.25) is 4.79 Å². The van der Waals surface area contributed by atoms with Crippen LogP contribution in [0.3, 0.4) is 0 Å². The van der Waals surface area contributed by atoms with Crippen molar-refractivity contribution in [2.24, 2.45) is 5.92 Å². The van der Waals surface area contributed by atoms with E-state index in [0.717, 1.165) is 18.4 Å². The van der Waals surface area contributed by atoms with Gasteiger partial charge in [0.25, 0.3) is 0 Å². The van der Waals surface area contributed by atoms with E-state index in [1.807, 2.05) is 25.1 Å². The largest absolute Gasteiger partial charge is 0.487 e. The highest BCUT2D eigenvalue weighted by Crippen LogP contribution is 2.14. The van der Waals surface area contributed by atoms with E-state index in [-0.39, 0.29) is 30.2 Å². The second-order valence-corrected chi connectivity index (χ2v) is 6.56. The van der Waals surface area contributed by atoms with Crippen molar-refractivity contribution in [1.82, 2.24) is 0 Å². The van der Waals surface area contributed by atoms with Crippen LogP contribution in [0.4, 0.5) is 0 Å². The number of ether oxygens (including phenoxy) is 3. The van der Waals surface area contributed by atoms with Crippen molar-refractivity contribution in [1.29, 1.82) is 0 Å². The Morgan fingerprint density at radius 2 is 2.00 bits per heavy atom.